The van der Waals surface area contributed by atoms with Gasteiger partial charge in [0.25, 0.3) is 5.89 Å². The number of aromatic nitrogens is 2. The Hall–Kier alpha value is -2.35. The lowest BCUT2D eigenvalue weighted by atomic mass is 9.97. The third-order valence-electron chi connectivity index (χ3n) is 4.74. The number of anilines is 1. The molecule has 1 aliphatic heterocycles. The largest absolute Gasteiger partial charge is 0.472 e. The Labute approximate surface area is 171 Å². The van der Waals surface area contributed by atoms with Crippen molar-refractivity contribution < 1.29 is 13.6 Å². The average Bonchev–Trinajstić information content (AvgIpc) is 3.37. The molecule has 0 saturated carbocycles. The van der Waals surface area contributed by atoms with Crippen LogP contribution in [0, 0.1) is 0 Å². The molecule has 0 unspecified atom stereocenters. The van der Waals surface area contributed by atoms with Crippen LogP contribution in [0.3, 0.4) is 0 Å². The van der Waals surface area contributed by atoms with Crippen molar-refractivity contribution >= 4 is 34.8 Å². The number of furan rings is 1. The van der Waals surface area contributed by atoms with Gasteiger partial charge in [-0.05, 0) is 44.1 Å². The van der Waals surface area contributed by atoms with E-state index in [-0.39, 0.29) is 11.8 Å². The van der Waals surface area contributed by atoms with Crippen LogP contribution in [0.5, 0.6) is 0 Å². The summed E-state index contributed by atoms with van der Waals surface area (Å²) in [6.45, 7) is 1.83. The van der Waals surface area contributed by atoms with Crippen molar-refractivity contribution in [3.8, 4) is 11.5 Å². The van der Waals surface area contributed by atoms with Crippen LogP contribution in [0.4, 0.5) is 5.69 Å². The van der Waals surface area contributed by atoms with E-state index in [9.17, 15) is 4.79 Å². The van der Waals surface area contributed by atoms with Gasteiger partial charge in [0.2, 0.25) is 11.8 Å². The molecule has 2 aromatic heterocycles. The van der Waals surface area contributed by atoms with Gasteiger partial charge in [-0.15, -0.1) is 10.2 Å². The van der Waals surface area contributed by atoms with Gasteiger partial charge in [-0.1, -0.05) is 29.3 Å². The monoisotopic (exact) mass is 420 g/mol. The number of rotatable bonds is 5. The summed E-state index contributed by atoms with van der Waals surface area (Å²) in [5.74, 6) is 1.16. The highest BCUT2D eigenvalue weighted by Crippen LogP contribution is 2.31. The number of nitrogens with one attached hydrogen (secondary N) is 1. The lowest BCUT2D eigenvalue weighted by Gasteiger charge is -2.29. The number of halogens is 2. The maximum atomic E-state index is 12.3. The normalized spacial score (nSPS) is 15.6. The number of amides is 1. The molecule has 0 atom stereocenters. The van der Waals surface area contributed by atoms with Crippen molar-refractivity contribution in [1.82, 2.24) is 15.1 Å². The van der Waals surface area contributed by atoms with Gasteiger partial charge in [-0.3, -0.25) is 9.69 Å². The quantitative estimate of drug-likeness (QED) is 0.655. The summed E-state index contributed by atoms with van der Waals surface area (Å²) in [7, 11) is 0. The van der Waals surface area contributed by atoms with Crippen LogP contribution in [0.1, 0.15) is 24.7 Å². The summed E-state index contributed by atoms with van der Waals surface area (Å²) >= 11 is 12.1. The van der Waals surface area contributed by atoms with Crippen molar-refractivity contribution in [3.05, 3.63) is 52.7 Å². The molecule has 1 fully saturated rings. The van der Waals surface area contributed by atoms with Gasteiger partial charge in [0.15, 0.2) is 0 Å². The predicted octanol–water partition coefficient (Wildman–Crippen LogP) is 4.45. The fourth-order valence-electron chi connectivity index (χ4n) is 3.23. The fourth-order valence-corrected chi connectivity index (χ4v) is 3.58. The molecule has 9 heteroatoms. The summed E-state index contributed by atoms with van der Waals surface area (Å²) in [5, 5.41) is 11.8. The third-order valence-corrected chi connectivity index (χ3v) is 5.56. The van der Waals surface area contributed by atoms with E-state index in [1.54, 1.807) is 36.8 Å². The smallest absolute Gasteiger partial charge is 0.250 e. The molecule has 0 spiro atoms. The lowest BCUT2D eigenvalue weighted by Crippen LogP contribution is -2.38. The zero-order valence-corrected chi connectivity index (χ0v) is 16.4. The minimum absolute atomic E-state index is 0.123. The van der Waals surface area contributed by atoms with Gasteiger partial charge in [0.05, 0.1) is 34.1 Å². The number of benzene rings is 1. The number of nitrogens with zero attached hydrogens (tertiary/aromatic N) is 3. The summed E-state index contributed by atoms with van der Waals surface area (Å²) in [6, 6.07) is 6.94. The maximum absolute atomic E-state index is 12.3. The fraction of sp³-hybridized carbons (Fsp3) is 0.316. The summed E-state index contributed by atoms with van der Waals surface area (Å²) in [6.07, 6.45) is 4.83. The Morgan fingerprint density at radius 1 is 1.21 bits per heavy atom. The predicted molar refractivity (Wildman–Crippen MR) is 106 cm³/mol. The van der Waals surface area contributed by atoms with Gasteiger partial charge in [-0.25, -0.2) is 0 Å². The van der Waals surface area contributed by atoms with E-state index < -0.39 is 0 Å². The van der Waals surface area contributed by atoms with Gasteiger partial charge < -0.3 is 14.2 Å². The summed E-state index contributed by atoms with van der Waals surface area (Å²) in [5.41, 5.74) is 1.29. The first kappa shape index (κ1) is 19.0. The van der Waals surface area contributed by atoms with Crippen molar-refractivity contribution in [3.63, 3.8) is 0 Å². The highest BCUT2D eigenvalue weighted by atomic mass is 35.5. The van der Waals surface area contributed by atoms with E-state index in [0.717, 1.165) is 31.5 Å². The highest BCUT2D eigenvalue weighted by Gasteiger charge is 2.26. The van der Waals surface area contributed by atoms with E-state index in [1.165, 1.54) is 0 Å². The van der Waals surface area contributed by atoms with Crippen molar-refractivity contribution in [2.45, 2.75) is 18.8 Å². The molecular weight excluding hydrogens is 403 g/mol. The van der Waals surface area contributed by atoms with Crippen LogP contribution in [-0.2, 0) is 4.79 Å². The van der Waals surface area contributed by atoms with Crippen molar-refractivity contribution in [2.24, 2.45) is 0 Å². The molecule has 1 aliphatic rings. The molecule has 28 heavy (non-hydrogen) atoms. The van der Waals surface area contributed by atoms with E-state index in [1.807, 2.05) is 0 Å². The van der Waals surface area contributed by atoms with Crippen LogP contribution in [-0.4, -0.2) is 40.6 Å². The Kier molecular flexibility index (Phi) is 5.66. The molecule has 7 nitrogen and oxygen atoms in total. The van der Waals surface area contributed by atoms with Crippen LogP contribution in [0.15, 0.2) is 45.6 Å². The molecule has 3 aromatic rings. The summed E-state index contributed by atoms with van der Waals surface area (Å²) < 4.78 is 10.8. The molecule has 3 heterocycles. The summed E-state index contributed by atoms with van der Waals surface area (Å²) in [4.78, 5) is 14.4. The van der Waals surface area contributed by atoms with Crippen molar-refractivity contribution in [2.75, 3.05) is 25.0 Å². The minimum atomic E-state index is -0.123. The number of hydrogen-bond acceptors (Lipinski definition) is 6. The highest BCUT2D eigenvalue weighted by molar-refractivity contribution is 6.44. The molecule has 1 aromatic carbocycles. The third kappa shape index (κ3) is 4.22. The van der Waals surface area contributed by atoms with E-state index in [0.29, 0.717) is 34.1 Å². The second-order valence-corrected chi connectivity index (χ2v) is 7.44. The number of piperidine rings is 1. The molecule has 0 radical (unpaired) electrons. The second-order valence-electron chi connectivity index (χ2n) is 6.66. The van der Waals surface area contributed by atoms with Crippen LogP contribution in [0.2, 0.25) is 10.0 Å². The standard InChI is InChI=1S/C19H18Cl2N4O3/c20-14-2-1-3-15(17(14)21)22-16(26)10-25-7-4-12(5-8-25)18-23-24-19(28-18)13-6-9-27-11-13/h1-3,6,9,11-12H,4-5,7-8,10H2,(H,22,26). The first-order valence-corrected chi connectivity index (χ1v) is 9.68. The molecule has 4 rings (SSSR count). The van der Waals surface area contributed by atoms with Gasteiger partial charge in [0, 0.05) is 5.92 Å². The first-order chi connectivity index (χ1) is 13.6. The Morgan fingerprint density at radius 2 is 2.04 bits per heavy atom. The van der Waals surface area contributed by atoms with Crippen LogP contribution < -0.4 is 5.32 Å². The number of carbonyl (C=O) groups excluding carboxylic acids is 1. The van der Waals surface area contributed by atoms with Gasteiger partial charge >= 0.3 is 0 Å². The van der Waals surface area contributed by atoms with E-state index in [4.69, 9.17) is 32.0 Å². The molecule has 1 amide bonds. The second kappa shape index (κ2) is 8.34. The van der Waals surface area contributed by atoms with Crippen LogP contribution >= 0.6 is 23.2 Å². The minimum Gasteiger partial charge on any atom is -0.472 e. The molecule has 0 aliphatic carbocycles. The lowest BCUT2D eigenvalue weighted by molar-refractivity contribution is -0.117. The zero-order valence-electron chi connectivity index (χ0n) is 14.9. The van der Waals surface area contributed by atoms with Gasteiger partial charge in [0.1, 0.15) is 6.26 Å². The molecule has 146 valence electrons. The SMILES string of the molecule is O=C(CN1CCC(c2nnc(-c3ccoc3)o2)CC1)Nc1cccc(Cl)c1Cl. The Morgan fingerprint density at radius 3 is 2.79 bits per heavy atom. The molecule has 1 saturated heterocycles. The molecule has 0 bridgehead atoms. The molecular formula is C19H18Cl2N4O3. The Balaban J connectivity index is 1.29. The van der Waals surface area contributed by atoms with E-state index in [2.05, 4.69) is 20.4 Å². The van der Waals surface area contributed by atoms with Crippen LogP contribution in [0.25, 0.3) is 11.5 Å². The number of likely N-dealkylation sites (tertiary alicyclic amines) is 1. The maximum Gasteiger partial charge on any atom is 0.250 e. The Bertz CT molecular complexity index is 950. The number of carbonyl (C=O) groups is 1. The topological polar surface area (TPSA) is 84.4 Å². The van der Waals surface area contributed by atoms with Gasteiger partial charge in [-0.2, -0.15) is 0 Å². The van der Waals surface area contributed by atoms with E-state index >= 15 is 0 Å². The molecule has 1 N–H and O–H groups in total. The average molecular weight is 421 g/mol. The number of hydrogen-bond donors (Lipinski definition) is 1. The first-order valence-electron chi connectivity index (χ1n) is 8.92. The zero-order chi connectivity index (χ0) is 19.5. The van der Waals surface area contributed by atoms with Crippen molar-refractivity contribution in [1.29, 1.82) is 0 Å².